The first-order valence-corrected chi connectivity index (χ1v) is 7.91. The Hall–Kier alpha value is -1.60. The van der Waals surface area contributed by atoms with Gasteiger partial charge in [-0.2, -0.15) is 0 Å². The van der Waals surface area contributed by atoms with Crippen molar-refractivity contribution in [2.75, 3.05) is 30.8 Å². The van der Waals surface area contributed by atoms with Crippen molar-refractivity contribution in [1.29, 1.82) is 0 Å². The van der Waals surface area contributed by atoms with E-state index >= 15 is 0 Å². The summed E-state index contributed by atoms with van der Waals surface area (Å²) < 4.78 is 0. The molecule has 0 saturated carbocycles. The first-order valence-electron chi connectivity index (χ1n) is 7.10. The van der Waals surface area contributed by atoms with Crippen molar-refractivity contribution in [3.8, 4) is 0 Å². The molecule has 7 heteroatoms. The Morgan fingerprint density at radius 2 is 2.24 bits per heavy atom. The summed E-state index contributed by atoms with van der Waals surface area (Å²) in [5, 5.41) is 13.1. The highest BCUT2D eigenvalue weighted by molar-refractivity contribution is 7.19. The number of nitrogens with zero attached hydrogens (tertiary/aromatic N) is 1. The second-order valence-electron chi connectivity index (χ2n) is 5.12. The molecule has 1 atom stereocenters. The number of thiophene rings is 1. The molecule has 2 rings (SSSR count). The van der Waals surface area contributed by atoms with Crippen LogP contribution in [-0.2, 0) is 0 Å². The van der Waals surface area contributed by atoms with Gasteiger partial charge in [0.1, 0.15) is 5.00 Å². The van der Waals surface area contributed by atoms with Gasteiger partial charge in [0.2, 0.25) is 0 Å². The van der Waals surface area contributed by atoms with Gasteiger partial charge in [0, 0.05) is 26.6 Å². The van der Waals surface area contributed by atoms with Crippen molar-refractivity contribution in [3.05, 3.63) is 10.4 Å². The zero-order valence-corrected chi connectivity index (χ0v) is 13.1. The van der Waals surface area contributed by atoms with Crippen LogP contribution >= 0.6 is 11.3 Å². The molecule has 1 aliphatic rings. The van der Waals surface area contributed by atoms with Gasteiger partial charge < -0.3 is 21.1 Å². The van der Waals surface area contributed by atoms with E-state index in [1.54, 1.807) is 6.92 Å². The molecule has 0 spiro atoms. The molecular formula is C14H21N3O3S. The normalized spacial score (nSPS) is 18.6. The zero-order chi connectivity index (χ0) is 15.6. The Balaban J connectivity index is 2.47. The van der Waals surface area contributed by atoms with Gasteiger partial charge in [-0.1, -0.05) is 6.92 Å². The summed E-state index contributed by atoms with van der Waals surface area (Å²) in [6.07, 6.45) is 1.54. The van der Waals surface area contributed by atoms with E-state index in [4.69, 9.17) is 5.73 Å². The molecule has 21 heavy (non-hydrogen) atoms. The Morgan fingerprint density at radius 1 is 1.52 bits per heavy atom. The number of piperidine rings is 1. The van der Waals surface area contributed by atoms with Crippen molar-refractivity contribution >= 4 is 33.7 Å². The number of amides is 1. The van der Waals surface area contributed by atoms with Crippen LogP contribution in [0.25, 0.3) is 0 Å². The van der Waals surface area contributed by atoms with Crippen LogP contribution in [0.1, 0.15) is 46.2 Å². The van der Waals surface area contributed by atoms with E-state index in [1.165, 1.54) is 18.4 Å². The number of ketones is 1. The molecule has 0 radical (unpaired) electrons. The molecule has 4 N–H and O–H groups in total. The lowest BCUT2D eigenvalue weighted by Crippen LogP contribution is -2.38. The Labute approximate surface area is 127 Å². The number of hydrogen-bond donors (Lipinski definition) is 3. The molecule has 0 aromatic carbocycles. The molecule has 1 aliphatic heterocycles. The average Bonchev–Trinajstić information content (AvgIpc) is 2.83. The third-order valence-corrected chi connectivity index (χ3v) is 4.95. The lowest BCUT2D eigenvalue weighted by Gasteiger charge is -2.31. The predicted molar refractivity (Wildman–Crippen MR) is 84.2 cm³/mol. The fraction of sp³-hybridized carbons (Fsp3) is 0.571. The molecule has 6 nitrogen and oxygen atoms in total. The number of nitrogens with one attached hydrogen (secondary N) is 1. The second kappa shape index (κ2) is 6.44. The lowest BCUT2D eigenvalue weighted by molar-refractivity contribution is 0.0963. The zero-order valence-electron chi connectivity index (χ0n) is 12.3. The van der Waals surface area contributed by atoms with Crippen LogP contribution in [0.3, 0.4) is 0 Å². The molecule has 116 valence electrons. The quantitative estimate of drug-likeness (QED) is 0.727. The molecule has 1 aromatic rings. The van der Waals surface area contributed by atoms with E-state index in [0.717, 1.165) is 19.4 Å². The van der Waals surface area contributed by atoms with Crippen LogP contribution in [0, 0.1) is 0 Å². The summed E-state index contributed by atoms with van der Waals surface area (Å²) in [5.41, 5.74) is 6.64. The molecular weight excluding hydrogens is 290 g/mol. The number of aliphatic hydroxyl groups is 1. The summed E-state index contributed by atoms with van der Waals surface area (Å²) in [6, 6.07) is 0. The molecule has 1 amide bonds. The van der Waals surface area contributed by atoms with E-state index in [9.17, 15) is 14.7 Å². The number of aliphatic hydroxyl groups excluding tert-OH is 1. The fourth-order valence-electron chi connectivity index (χ4n) is 2.51. The number of nitrogens with two attached hydrogens (primary N) is 1. The van der Waals surface area contributed by atoms with E-state index in [2.05, 4.69) is 5.32 Å². The summed E-state index contributed by atoms with van der Waals surface area (Å²) in [6.45, 7) is 2.98. The minimum absolute atomic E-state index is 0.0635. The lowest BCUT2D eigenvalue weighted by atomic mass is 10.1. The average molecular weight is 311 g/mol. The van der Waals surface area contributed by atoms with E-state index < -0.39 is 6.10 Å². The highest BCUT2D eigenvalue weighted by Gasteiger charge is 2.29. The van der Waals surface area contributed by atoms with Crippen LogP contribution in [0.4, 0.5) is 10.7 Å². The number of carbonyl (C=O) groups is 2. The topological polar surface area (TPSA) is 95.7 Å². The van der Waals surface area contributed by atoms with Gasteiger partial charge in [-0.15, -0.1) is 11.3 Å². The Kier molecular flexibility index (Phi) is 4.84. The van der Waals surface area contributed by atoms with Gasteiger partial charge in [0.05, 0.1) is 22.2 Å². The second-order valence-corrected chi connectivity index (χ2v) is 6.12. The maximum atomic E-state index is 12.1. The largest absolute Gasteiger partial charge is 0.397 e. The van der Waals surface area contributed by atoms with Crippen LogP contribution in [0.5, 0.6) is 0 Å². The third-order valence-electron chi connectivity index (χ3n) is 3.64. The van der Waals surface area contributed by atoms with Crippen LogP contribution in [0.2, 0.25) is 0 Å². The Morgan fingerprint density at radius 3 is 2.81 bits per heavy atom. The highest BCUT2D eigenvalue weighted by atomic mass is 32.1. The number of nitrogen functional groups attached to an aromatic ring is 1. The maximum absolute atomic E-state index is 12.1. The predicted octanol–water partition coefficient (Wildman–Crippen LogP) is 1.24. The highest BCUT2D eigenvalue weighted by Crippen LogP contribution is 2.40. The number of rotatable bonds is 4. The van der Waals surface area contributed by atoms with Crippen LogP contribution in [0.15, 0.2) is 0 Å². The molecule has 1 aromatic heterocycles. The molecule has 1 unspecified atom stereocenters. The van der Waals surface area contributed by atoms with Crippen molar-refractivity contribution in [2.24, 2.45) is 0 Å². The molecule has 1 saturated heterocycles. The minimum atomic E-state index is -0.412. The summed E-state index contributed by atoms with van der Waals surface area (Å²) in [5.74, 6) is -0.361. The van der Waals surface area contributed by atoms with Gasteiger partial charge in [0.25, 0.3) is 5.91 Å². The molecule has 2 heterocycles. The van der Waals surface area contributed by atoms with Crippen molar-refractivity contribution in [1.82, 2.24) is 5.32 Å². The van der Waals surface area contributed by atoms with E-state index in [-0.39, 0.29) is 17.4 Å². The SMILES string of the molecule is CCC(=O)c1sc(N2CCCC(O)C2)c(C(=O)NC)c1N. The monoisotopic (exact) mass is 311 g/mol. The maximum Gasteiger partial charge on any atom is 0.256 e. The van der Waals surface area contributed by atoms with Gasteiger partial charge in [0.15, 0.2) is 5.78 Å². The molecule has 1 fully saturated rings. The van der Waals surface area contributed by atoms with Crippen molar-refractivity contribution in [3.63, 3.8) is 0 Å². The minimum Gasteiger partial charge on any atom is -0.397 e. The van der Waals surface area contributed by atoms with Crippen LogP contribution < -0.4 is 16.0 Å². The number of β-amino-alcohol motifs (C(OH)–C–C–N with tert-alkyl or cyclic N) is 1. The first kappa shape index (κ1) is 15.8. The number of Topliss-reactive ketones (excluding diaryl/α,β-unsaturated/α-hetero) is 1. The van der Waals surface area contributed by atoms with Gasteiger partial charge in [-0.05, 0) is 12.8 Å². The number of hydrogen-bond acceptors (Lipinski definition) is 6. The number of anilines is 2. The third kappa shape index (κ3) is 3.03. The van der Waals surface area contributed by atoms with Crippen LogP contribution in [-0.4, -0.2) is 43.0 Å². The van der Waals surface area contributed by atoms with Crippen molar-refractivity contribution in [2.45, 2.75) is 32.3 Å². The smallest absolute Gasteiger partial charge is 0.256 e. The summed E-state index contributed by atoms with van der Waals surface area (Å²) in [4.78, 5) is 26.5. The standard InChI is InChI=1S/C14H21N3O3S/c1-3-9(19)12-11(15)10(13(20)16-2)14(21-12)17-6-4-5-8(18)7-17/h8,18H,3-7,15H2,1-2H3,(H,16,20). The van der Waals surface area contributed by atoms with Crippen molar-refractivity contribution < 1.29 is 14.7 Å². The first-order chi connectivity index (χ1) is 9.99. The summed E-state index contributed by atoms with van der Waals surface area (Å²) >= 11 is 1.25. The Bertz CT molecular complexity index is 556. The molecule has 0 bridgehead atoms. The van der Waals surface area contributed by atoms with Gasteiger partial charge in [-0.25, -0.2) is 0 Å². The van der Waals surface area contributed by atoms with Gasteiger partial charge >= 0.3 is 0 Å². The number of carbonyl (C=O) groups excluding carboxylic acids is 2. The van der Waals surface area contributed by atoms with E-state index in [0.29, 0.717) is 28.4 Å². The summed E-state index contributed by atoms with van der Waals surface area (Å²) in [7, 11) is 1.54. The molecule has 0 aliphatic carbocycles. The van der Waals surface area contributed by atoms with Gasteiger partial charge in [-0.3, -0.25) is 9.59 Å². The fourth-order valence-corrected chi connectivity index (χ4v) is 3.77. The van der Waals surface area contributed by atoms with E-state index in [1.807, 2.05) is 4.90 Å².